The van der Waals surface area contributed by atoms with E-state index in [1.165, 1.54) is 28.8 Å². The maximum absolute atomic E-state index is 14.3. The van der Waals surface area contributed by atoms with Gasteiger partial charge in [-0.15, -0.1) is 11.8 Å². The van der Waals surface area contributed by atoms with E-state index in [0.717, 1.165) is 9.20 Å². The molecule has 0 saturated heterocycles. The Kier molecular flexibility index (Phi) is 12.4. The molecule has 3 rings (SSSR count). The molecule has 0 radical (unpaired) electrons. The molecule has 0 bridgehead atoms. The van der Waals surface area contributed by atoms with Gasteiger partial charge in [-0.3, -0.25) is 13.9 Å². The Morgan fingerprint density at radius 2 is 1.59 bits per heavy atom. The maximum atomic E-state index is 14.3. The van der Waals surface area contributed by atoms with Crippen molar-refractivity contribution in [2.75, 3.05) is 23.7 Å². The van der Waals surface area contributed by atoms with Crippen molar-refractivity contribution in [2.45, 2.75) is 69.0 Å². The van der Waals surface area contributed by atoms with Crippen LogP contribution in [0.4, 0.5) is 5.69 Å². The quantitative estimate of drug-likeness (QED) is 0.195. The van der Waals surface area contributed by atoms with Gasteiger partial charge in [0.1, 0.15) is 18.3 Å². The number of thioether (sulfide) groups is 1. The first-order valence-corrected chi connectivity index (χ1v) is 17.6. The van der Waals surface area contributed by atoms with Crippen molar-refractivity contribution in [3.63, 3.8) is 0 Å². The first-order valence-electron chi connectivity index (χ1n) is 14.1. The van der Waals surface area contributed by atoms with Gasteiger partial charge in [-0.25, -0.2) is 8.42 Å². The van der Waals surface area contributed by atoms with Crippen LogP contribution in [0, 0.1) is 0 Å². The third kappa shape index (κ3) is 9.30. The van der Waals surface area contributed by atoms with E-state index in [9.17, 15) is 18.0 Å². The van der Waals surface area contributed by atoms with Crippen LogP contribution >= 0.6 is 35.0 Å². The fourth-order valence-corrected chi connectivity index (χ4v) is 6.63. The number of ether oxygens (including phenoxy) is 1. The third-order valence-electron chi connectivity index (χ3n) is 6.58. The Balaban J connectivity index is 2.09. The molecule has 2 amide bonds. The van der Waals surface area contributed by atoms with Gasteiger partial charge in [-0.1, -0.05) is 36.2 Å². The topological polar surface area (TPSA) is 96.0 Å². The Hall–Kier alpha value is -2.92. The molecule has 238 valence electrons. The SMILES string of the molecule is CCOc1ccc(N(CC(=O)N(Cc2ccc(Cl)c(Cl)c2)C(CC)C(=O)NC(C)(C)C)S(=O)(=O)c2ccc(SC)cc2)cc1. The molecule has 3 aromatic rings. The van der Waals surface area contributed by atoms with Gasteiger partial charge in [0.25, 0.3) is 10.0 Å². The van der Waals surface area contributed by atoms with Crippen LogP contribution in [0.25, 0.3) is 0 Å². The summed E-state index contributed by atoms with van der Waals surface area (Å²) in [6.07, 6.45) is 2.19. The van der Waals surface area contributed by atoms with E-state index in [1.807, 2.05) is 34.0 Å². The number of amides is 2. The van der Waals surface area contributed by atoms with E-state index in [-0.39, 0.29) is 23.0 Å². The number of carbonyl (C=O) groups excluding carboxylic acids is 2. The average Bonchev–Trinajstić information content (AvgIpc) is 2.97. The van der Waals surface area contributed by atoms with Gasteiger partial charge in [0.15, 0.2) is 0 Å². The van der Waals surface area contributed by atoms with Gasteiger partial charge in [0.05, 0.1) is 27.2 Å². The van der Waals surface area contributed by atoms with Crippen LogP contribution < -0.4 is 14.4 Å². The number of carbonyl (C=O) groups is 2. The standard InChI is InChI=1S/C32H39Cl2N3O5S2/c1-7-29(31(39)35-32(3,4)5)36(20-22-9-18-27(33)28(34)19-22)30(38)21-37(23-10-12-24(13-11-23)42-8-2)44(40,41)26-16-14-25(43-6)15-17-26/h9-19,29H,7-8,20-21H2,1-6H3,(H,35,39). The van der Waals surface area contributed by atoms with Crippen molar-refractivity contribution in [1.29, 1.82) is 0 Å². The van der Waals surface area contributed by atoms with Crippen molar-refractivity contribution < 1.29 is 22.7 Å². The summed E-state index contributed by atoms with van der Waals surface area (Å²) >= 11 is 13.9. The lowest BCUT2D eigenvalue weighted by Crippen LogP contribution is -2.55. The molecule has 0 fully saturated rings. The van der Waals surface area contributed by atoms with E-state index in [1.54, 1.807) is 61.5 Å². The first-order chi connectivity index (χ1) is 20.7. The summed E-state index contributed by atoms with van der Waals surface area (Å²) < 4.78 is 34.8. The molecule has 1 N–H and O–H groups in total. The van der Waals surface area contributed by atoms with Crippen molar-refractivity contribution in [3.05, 3.63) is 82.3 Å². The van der Waals surface area contributed by atoms with E-state index in [4.69, 9.17) is 27.9 Å². The molecule has 12 heteroatoms. The summed E-state index contributed by atoms with van der Waals surface area (Å²) in [4.78, 5) is 30.1. The van der Waals surface area contributed by atoms with Gasteiger partial charge in [0.2, 0.25) is 11.8 Å². The second kappa shape index (κ2) is 15.4. The molecule has 1 atom stereocenters. The number of nitrogens with one attached hydrogen (secondary N) is 1. The number of benzene rings is 3. The number of halogens is 2. The van der Waals surface area contributed by atoms with Crippen molar-refractivity contribution in [3.8, 4) is 5.75 Å². The molecule has 0 spiro atoms. The Labute approximate surface area is 275 Å². The van der Waals surface area contributed by atoms with Crippen LogP contribution in [0.1, 0.15) is 46.6 Å². The Morgan fingerprint density at radius 3 is 2.11 bits per heavy atom. The number of hydrogen-bond donors (Lipinski definition) is 1. The summed E-state index contributed by atoms with van der Waals surface area (Å²) in [6.45, 7) is 9.11. The highest BCUT2D eigenvalue weighted by molar-refractivity contribution is 7.98. The number of nitrogens with zero attached hydrogens (tertiary/aromatic N) is 2. The smallest absolute Gasteiger partial charge is 0.264 e. The van der Waals surface area contributed by atoms with Crippen LogP contribution in [-0.4, -0.2) is 56.1 Å². The number of anilines is 1. The molecular weight excluding hydrogens is 641 g/mol. The predicted molar refractivity (Wildman–Crippen MR) is 179 cm³/mol. The fourth-order valence-electron chi connectivity index (χ4n) is 4.49. The van der Waals surface area contributed by atoms with E-state index >= 15 is 0 Å². The van der Waals surface area contributed by atoms with Crippen molar-refractivity contribution in [1.82, 2.24) is 10.2 Å². The van der Waals surface area contributed by atoms with Gasteiger partial charge >= 0.3 is 0 Å². The monoisotopic (exact) mass is 679 g/mol. The lowest BCUT2D eigenvalue weighted by molar-refractivity contribution is -0.141. The largest absolute Gasteiger partial charge is 0.494 e. The normalized spacial score (nSPS) is 12.4. The van der Waals surface area contributed by atoms with E-state index in [0.29, 0.717) is 34.4 Å². The molecule has 44 heavy (non-hydrogen) atoms. The molecule has 0 heterocycles. The summed E-state index contributed by atoms with van der Waals surface area (Å²) in [6, 6.07) is 17.1. The van der Waals surface area contributed by atoms with Crippen LogP contribution in [-0.2, 0) is 26.2 Å². The molecular formula is C32H39Cl2N3O5S2. The number of rotatable bonds is 13. The minimum atomic E-state index is -4.20. The zero-order valence-electron chi connectivity index (χ0n) is 25.8. The second-order valence-corrected chi connectivity index (χ2v) is 14.6. The summed E-state index contributed by atoms with van der Waals surface area (Å²) in [7, 11) is -4.20. The predicted octanol–water partition coefficient (Wildman–Crippen LogP) is 7.03. The van der Waals surface area contributed by atoms with Gasteiger partial charge < -0.3 is 15.0 Å². The van der Waals surface area contributed by atoms with Gasteiger partial charge in [0, 0.05) is 17.0 Å². The Bertz CT molecular complexity index is 1540. The van der Waals surface area contributed by atoms with Crippen LogP contribution in [0.15, 0.2) is 76.5 Å². The molecule has 0 aliphatic heterocycles. The van der Waals surface area contributed by atoms with Crippen LogP contribution in [0.5, 0.6) is 5.75 Å². The Morgan fingerprint density at radius 1 is 0.955 bits per heavy atom. The lowest BCUT2D eigenvalue weighted by atomic mass is 10.1. The van der Waals surface area contributed by atoms with Crippen molar-refractivity contribution in [2.24, 2.45) is 0 Å². The fraction of sp³-hybridized carbons (Fsp3) is 0.375. The minimum Gasteiger partial charge on any atom is -0.494 e. The zero-order valence-corrected chi connectivity index (χ0v) is 28.9. The highest BCUT2D eigenvalue weighted by Gasteiger charge is 2.34. The van der Waals surface area contributed by atoms with Crippen LogP contribution in [0.3, 0.4) is 0 Å². The second-order valence-electron chi connectivity index (χ2n) is 11.0. The lowest BCUT2D eigenvalue weighted by Gasteiger charge is -2.35. The maximum Gasteiger partial charge on any atom is 0.264 e. The van der Waals surface area contributed by atoms with Gasteiger partial charge in [-0.05, 0) is 107 Å². The number of sulfonamides is 1. The summed E-state index contributed by atoms with van der Waals surface area (Å²) in [5.74, 6) is -0.350. The van der Waals surface area contributed by atoms with E-state index < -0.39 is 34.1 Å². The molecule has 0 saturated carbocycles. The highest BCUT2D eigenvalue weighted by atomic mass is 35.5. The molecule has 8 nitrogen and oxygen atoms in total. The molecule has 3 aromatic carbocycles. The van der Waals surface area contributed by atoms with Crippen LogP contribution in [0.2, 0.25) is 10.0 Å². The summed E-state index contributed by atoms with van der Waals surface area (Å²) in [5.41, 5.74) is 0.360. The summed E-state index contributed by atoms with van der Waals surface area (Å²) in [5, 5.41) is 3.61. The van der Waals surface area contributed by atoms with Crippen molar-refractivity contribution >= 4 is 62.5 Å². The molecule has 1 unspecified atom stereocenters. The van der Waals surface area contributed by atoms with E-state index in [2.05, 4.69) is 5.32 Å². The molecule has 0 aromatic heterocycles. The third-order valence-corrected chi connectivity index (χ3v) is 9.85. The highest BCUT2D eigenvalue weighted by Crippen LogP contribution is 2.29. The zero-order chi connectivity index (χ0) is 32.7. The average molecular weight is 681 g/mol. The minimum absolute atomic E-state index is 0.00533. The van der Waals surface area contributed by atoms with Gasteiger partial charge in [-0.2, -0.15) is 0 Å². The molecule has 0 aliphatic carbocycles. The first kappa shape index (κ1) is 35.6. The molecule has 0 aliphatic rings. The number of hydrogen-bond acceptors (Lipinski definition) is 6.